The summed E-state index contributed by atoms with van der Waals surface area (Å²) in [6, 6.07) is 26.1. The van der Waals surface area contributed by atoms with Crippen molar-refractivity contribution < 1.29 is 28.5 Å². The lowest BCUT2D eigenvalue weighted by Crippen LogP contribution is -2.33. The summed E-state index contributed by atoms with van der Waals surface area (Å²) >= 11 is 12.0. The Hall–Kier alpha value is -4.53. The fraction of sp³-hybridized carbons (Fsp3) is 0.129. The van der Waals surface area contributed by atoms with Gasteiger partial charge in [0, 0.05) is 5.02 Å². The van der Waals surface area contributed by atoms with Crippen molar-refractivity contribution in [2.75, 3.05) is 7.11 Å². The van der Waals surface area contributed by atoms with Crippen molar-refractivity contribution in [2.45, 2.75) is 19.6 Å². The van der Waals surface area contributed by atoms with Crippen LogP contribution in [0.5, 0.6) is 23.0 Å². The second kappa shape index (κ2) is 14.2. The number of carbonyl (C=O) groups excluding carboxylic acids is 2. The van der Waals surface area contributed by atoms with Gasteiger partial charge in [-0.25, -0.2) is 10.2 Å². The molecule has 1 atom stereocenters. The zero-order valence-electron chi connectivity index (χ0n) is 22.2. The van der Waals surface area contributed by atoms with Gasteiger partial charge in [0.2, 0.25) is 0 Å². The summed E-state index contributed by atoms with van der Waals surface area (Å²) in [6.45, 7) is 2.07. The number of hydrazone groups is 1. The van der Waals surface area contributed by atoms with Gasteiger partial charge < -0.3 is 18.9 Å². The molecule has 1 amide bonds. The van der Waals surface area contributed by atoms with Crippen LogP contribution in [0.2, 0.25) is 10.0 Å². The van der Waals surface area contributed by atoms with E-state index in [9.17, 15) is 9.59 Å². The zero-order chi connectivity index (χ0) is 29.2. The maximum Gasteiger partial charge on any atom is 0.345 e. The van der Waals surface area contributed by atoms with Crippen LogP contribution in [0, 0.1) is 0 Å². The van der Waals surface area contributed by atoms with Gasteiger partial charge in [-0.15, -0.1) is 0 Å². The van der Waals surface area contributed by atoms with Gasteiger partial charge in [-0.1, -0.05) is 53.5 Å². The number of methoxy groups -OCH3 is 1. The summed E-state index contributed by atoms with van der Waals surface area (Å²) in [5.74, 6) is 0.561. The molecule has 0 aliphatic heterocycles. The van der Waals surface area contributed by atoms with Crippen molar-refractivity contribution in [3.63, 3.8) is 0 Å². The number of hydrogen-bond donors (Lipinski definition) is 1. The first-order valence-electron chi connectivity index (χ1n) is 12.4. The van der Waals surface area contributed by atoms with Crippen LogP contribution >= 0.6 is 23.2 Å². The minimum Gasteiger partial charge on any atom is -0.493 e. The van der Waals surface area contributed by atoms with Crippen molar-refractivity contribution in [1.29, 1.82) is 0 Å². The smallest absolute Gasteiger partial charge is 0.345 e. The number of ether oxygens (including phenoxy) is 4. The van der Waals surface area contributed by atoms with Crippen molar-refractivity contribution in [1.82, 2.24) is 5.43 Å². The average Bonchev–Trinajstić information content (AvgIpc) is 2.97. The summed E-state index contributed by atoms with van der Waals surface area (Å²) < 4.78 is 22.3. The molecule has 4 aromatic rings. The molecule has 8 nitrogen and oxygen atoms in total. The SMILES string of the molecule is COc1cc(/C=N/NC(=O)C(C)Oc2ccc(OCc3ccccc3)cc2)ccc1OC(=O)c1ccc(Cl)cc1Cl. The molecule has 0 aliphatic carbocycles. The molecular formula is C31H26Cl2N2O6. The van der Waals surface area contributed by atoms with Crippen LogP contribution in [0.1, 0.15) is 28.4 Å². The van der Waals surface area contributed by atoms with E-state index in [0.717, 1.165) is 5.56 Å². The van der Waals surface area contributed by atoms with E-state index in [1.165, 1.54) is 25.5 Å². The molecule has 1 N–H and O–H groups in total. The number of esters is 1. The maximum absolute atomic E-state index is 12.5. The predicted octanol–water partition coefficient (Wildman–Crippen LogP) is 6.72. The van der Waals surface area contributed by atoms with Gasteiger partial charge in [0.05, 0.1) is 23.9 Å². The summed E-state index contributed by atoms with van der Waals surface area (Å²) in [5, 5.41) is 4.56. The van der Waals surface area contributed by atoms with Crippen LogP contribution in [-0.2, 0) is 11.4 Å². The van der Waals surface area contributed by atoms with Crippen LogP contribution < -0.4 is 24.4 Å². The summed E-state index contributed by atoms with van der Waals surface area (Å²) in [4.78, 5) is 25.0. The Morgan fingerprint density at radius 3 is 2.34 bits per heavy atom. The minimum absolute atomic E-state index is 0.162. The van der Waals surface area contributed by atoms with E-state index in [-0.39, 0.29) is 22.1 Å². The van der Waals surface area contributed by atoms with E-state index >= 15 is 0 Å². The molecule has 0 bridgehead atoms. The highest BCUT2D eigenvalue weighted by molar-refractivity contribution is 6.36. The first-order chi connectivity index (χ1) is 19.8. The number of benzene rings is 4. The zero-order valence-corrected chi connectivity index (χ0v) is 23.7. The largest absolute Gasteiger partial charge is 0.493 e. The van der Waals surface area contributed by atoms with Gasteiger partial charge in [-0.05, 0) is 78.7 Å². The van der Waals surface area contributed by atoms with E-state index in [1.807, 2.05) is 30.3 Å². The summed E-state index contributed by atoms with van der Waals surface area (Å²) in [7, 11) is 1.44. The lowest BCUT2D eigenvalue weighted by atomic mass is 10.2. The number of halogens is 2. The van der Waals surface area contributed by atoms with Gasteiger partial charge >= 0.3 is 5.97 Å². The molecule has 0 fully saturated rings. The van der Waals surface area contributed by atoms with Crippen molar-refractivity contribution in [3.05, 3.63) is 118 Å². The third-order valence-electron chi connectivity index (χ3n) is 5.68. The van der Waals surface area contributed by atoms with Gasteiger partial charge in [0.1, 0.15) is 18.1 Å². The molecule has 10 heteroatoms. The Kier molecular flexibility index (Phi) is 10.2. The normalized spacial score (nSPS) is 11.5. The molecule has 0 saturated carbocycles. The topological polar surface area (TPSA) is 95.5 Å². The Bertz CT molecular complexity index is 1530. The van der Waals surface area contributed by atoms with Crippen molar-refractivity contribution in [3.8, 4) is 23.0 Å². The molecular weight excluding hydrogens is 567 g/mol. The molecule has 0 saturated heterocycles. The molecule has 0 radical (unpaired) electrons. The number of nitrogens with one attached hydrogen (secondary N) is 1. The highest BCUT2D eigenvalue weighted by Gasteiger charge is 2.17. The van der Waals surface area contributed by atoms with E-state index in [2.05, 4.69) is 10.5 Å². The second-order valence-corrected chi connectivity index (χ2v) is 9.51. The number of nitrogens with zero attached hydrogens (tertiary/aromatic N) is 1. The van der Waals surface area contributed by atoms with Crippen molar-refractivity contribution in [2.24, 2.45) is 5.10 Å². The lowest BCUT2D eigenvalue weighted by molar-refractivity contribution is -0.127. The lowest BCUT2D eigenvalue weighted by Gasteiger charge is -2.13. The fourth-order valence-corrected chi connectivity index (χ4v) is 4.02. The maximum atomic E-state index is 12.5. The Morgan fingerprint density at radius 1 is 0.902 bits per heavy atom. The van der Waals surface area contributed by atoms with Gasteiger partial charge in [-0.2, -0.15) is 5.10 Å². The van der Waals surface area contributed by atoms with Crippen molar-refractivity contribution >= 4 is 41.3 Å². The Balaban J connectivity index is 1.28. The molecule has 4 rings (SSSR count). The number of rotatable bonds is 11. The first kappa shape index (κ1) is 29.5. The van der Waals surface area contributed by atoms with Crippen LogP contribution in [0.3, 0.4) is 0 Å². The van der Waals surface area contributed by atoms with Crippen LogP contribution in [0.4, 0.5) is 0 Å². The van der Waals surface area contributed by atoms with Crippen LogP contribution in [0.15, 0.2) is 96.1 Å². The van der Waals surface area contributed by atoms with Gasteiger partial charge in [0.15, 0.2) is 17.6 Å². The molecule has 0 aliphatic rings. The highest BCUT2D eigenvalue weighted by Crippen LogP contribution is 2.30. The monoisotopic (exact) mass is 592 g/mol. The van der Waals surface area contributed by atoms with Gasteiger partial charge in [-0.3, -0.25) is 4.79 Å². The third-order valence-corrected chi connectivity index (χ3v) is 6.23. The van der Waals surface area contributed by atoms with E-state index in [1.54, 1.807) is 55.5 Å². The Labute approximate surface area is 247 Å². The second-order valence-electron chi connectivity index (χ2n) is 8.66. The molecule has 0 aromatic heterocycles. The molecule has 4 aromatic carbocycles. The molecule has 1 unspecified atom stereocenters. The molecule has 210 valence electrons. The first-order valence-corrected chi connectivity index (χ1v) is 13.2. The average molecular weight is 593 g/mol. The number of amides is 1. The molecule has 0 heterocycles. The van der Waals surface area contributed by atoms with Gasteiger partial charge in [0.25, 0.3) is 5.91 Å². The summed E-state index contributed by atoms with van der Waals surface area (Å²) in [6.07, 6.45) is 0.618. The number of hydrogen-bond acceptors (Lipinski definition) is 7. The van der Waals surface area contributed by atoms with E-state index in [0.29, 0.717) is 28.7 Å². The van der Waals surface area contributed by atoms with E-state index < -0.39 is 18.0 Å². The van der Waals surface area contributed by atoms with E-state index in [4.69, 9.17) is 42.1 Å². The third kappa shape index (κ3) is 8.48. The fourth-order valence-electron chi connectivity index (χ4n) is 3.53. The number of carbonyl (C=O) groups is 2. The molecule has 0 spiro atoms. The highest BCUT2D eigenvalue weighted by atomic mass is 35.5. The Morgan fingerprint density at radius 2 is 1.63 bits per heavy atom. The quantitative estimate of drug-likeness (QED) is 0.0899. The summed E-state index contributed by atoms with van der Waals surface area (Å²) in [5.41, 5.74) is 4.26. The minimum atomic E-state index is -0.806. The standard InChI is InChI=1S/C31H26Cl2N2O6/c1-20(40-25-12-10-24(11-13-25)39-19-21-6-4-3-5-7-21)30(36)35-34-18-22-8-15-28(29(16-22)38-2)41-31(37)26-14-9-23(32)17-27(26)33/h3-18,20H,19H2,1-2H3,(H,35,36)/b34-18+. The molecule has 41 heavy (non-hydrogen) atoms. The van der Waals surface area contributed by atoms with Crippen LogP contribution in [0.25, 0.3) is 0 Å². The predicted molar refractivity (Wildman–Crippen MR) is 157 cm³/mol. The van der Waals surface area contributed by atoms with Crippen LogP contribution in [-0.4, -0.2) is 31.3 Å².